The van der Waals surface area contributed by atoms with Crippen LogP contribution in [0, 0.1) is 0 Å². The first kappa shape index (κ1) is 18.1. The number of Topliss-reactive ketones (excluding diaryl/α,β-unsaturated/α-hetero) is 1. The van der Waals surface area contributed by atoms with Crippen molar-refractivity contribution < 1.29 is 23.9 Å². The summed E-state index contributed by atoms with van der Waals surface area (Å²) in [4.78, 5) is 37.3. The van der Waals surface area contributed by atoms with Gasteiger partial charge in [0.2, 0.25) is 11.3 Å². The van der Waals surface area contributed by atoms with Gasteiger partial charge in [-0.15, -0.1) is 0 Å². The molecule has 0 aliphatic carbocycles. The predicted octanol–water partition coefficient (Wildman–Crippen LogP) is 1.85. The molecule has 1 heterocycles. The number of hydrogen-bond donors (Lipinski definition) is 1. The van der Waals surface area contributed by atoms with E-state index >= 15 is 0 Å². The SMILES string of the molecule is CCOC(=O)C1=NNC(C(=O)OCC)(C(=O)c2cccc(Br)c2)C1. The van der Waals surface area contributed by atoms with Crippen LogP contribution >= 0.6 is 15.9 Å². The van der Waals surface area contributed by atoms with Crippen LogP contribution in [0.15, 0.2) is 33.8 Å². The van der Waals surface area contributed by atoms with E-state index in [-0.39, 0.29) is 25.3 Å². The second kappa shape index (κ2) is 7.57. The van der Waals surface area contributed by atoms with Crippen LogP contribution in [0.25, 0.3) is 0 Å². The number of benzene rings is 1. The number of nitrogens with zero attached hydrogens (tertiary/aromatic N) is 1. The summed E-state index contributed by atoms with van der Waals surface area (Å²) >= 11 is 3.29. The van der Waals surface area contributed by atoms with Gasteiger partial charge in [0.25, 0.3) is 0 Å². The highest BCUT2D eigenvalue weighted by Crippen LogP contribution is 2.26. The Labute approximate surface area is 147 Å². The van der Waals surface area contributed by atoms with Crippen LogP contribution in [0.3, 0.4) is 0 Å². The summed E-state index contributed by atoms with van der Waals surface area (Å²) in [7, 11) is 0. The lowest BCUT2D eigenvalue weighted by Gasteiger charge is -2.24. The van der Waals surface area contributed by atoms with Gasteiger partial charge in [0.1, 0.15) is 5.71 Å². The van der Waals surface area contributed by atoms with Crippen LogP contribution in [0.2, 0.25) is 0 Å². The highest BCUT2D eigenvalue weighted by molar-refractivity contribution is 9.10. The second-order valence-electron chi connectivity index (χ2n) is 5.03. The highest BCUT2D eigenvalue weighted by Gasteiger charge is 2.53. The fourth-order valence-electron chi connectivity index (χ4n) is 2.30. The van der Waals surface area contributed by atoms with Crippen LogP contribution < -0.4 is 5.43 Å². The smallest absolute Gasteiger partial charge is 0.354 e. The number of carbonyl (C=O) groups is 3. The molecule has 1 aromatic carbocycles. The summed E-state index contributed by atoms with van der Waals surface area (Å²) < 4.78 is 10.6. The first-order valence-electron chi connectivity index (χ1n) is 7.43. The molecule has 8 heteroatoms. The number of hydrogen-bond acceptors (Lipinski definition) is 7. The number of ketones is 1. The minimum Gasteiger partial charge on any atom is -0.464 e. The normalized spacial score (nSPS) is 19.2. The van der Waals surface area contributed by atoms with Gasteiger partial charge in [0.15, 0.2) is 0 Å². The molecule has 0 radical (unpaired) electrons. The number of carbonyl (C=O) groups excluding carboxylic acids is 3. The summed E-state index contributed by atoms with van der Waals surface area (Å²) in [6.07, 6.45) is -0.226. The van der Waals surface area contributed by atoms with Gasteiger partial charge in [-0.05, 0) is 26.0 Å². The molecule has 0 amide bonds. The van der Waals surface area contributed by atoms with E-state index in [1.54, 1.807) is 38.1 Å². The van der Waals surface area contributed by atoms with Crippen molar-refractivity contribution in [1.82, 2.24) is 5.43 Å². The van der Waals surface area contributed by atoms with E-state index in [1.165, 1.54) is 0 Å². The van der Waals surface area contributed by atoms with Gasteiger partial charge >= 0.3 is 11.9 Å². The first-order chi connectivity index (χ1) is 11.4. The van der Waals surface area contributed by atoms with E-state index in [0.29, 0.717) is 10.0 Å². The van der Waals surface area contributed by atoms with E-state index in [4.69, 9.17) is 9.47 Å². The standard InChI is InChI=1S/C16H17BrN2O5/c1-3-23-14(21)12-9-16(19-18-12,15(22)24-4-2)13(20)10-6-5-7-11(17)8-10/h5-8,19H,3-4,9H2,1-2H3. The molecule has 7 nitrogen and oxygen atoms in total. The van der Waals surface area contributed by atoms with Gasteiger partial charge in [-0.1, -0.05) is 28.1 Å². The number of hydrazone groups is 1. The quantitative estimate of drug-likeness (QED) is 0.447. The molecule has 1 aromatic rings. The van der Waals surface area contributed by atoms with Gasteiger partial charge in [-0.2, -0.15) is 5.10 Å². The van der Waals surface area contributed by atoms with Crippen molar-refractivity contribution in [2.75, 3.05) is 13.2 Å². The molecule has 0 spiro atoms. The summed E-state index contributed by atoms with van der Waals surface area (Å²) in [5, 5.41) is 3.84. The minimum atomic E-state index is -1.76. The third kappa shape index (κ3) is 3.48. The largest absolute Gasteiger partial charge is 0.464 e. The van der Waals surface area contributed by atoms with E-state index in [2.05, 4.69) is 26.5 Å². The Kier molecular flexibility index (Phi) is 5.71. The summed E-state index contributed by atoms with van der Waals surface area (Å²) in [5.74, 6) is -1.97. The molecule has 0 aromatic heterocycles. The average molecular weight is 397 g/mol. The van der Waals surface area contributed by atoms with E-state index in [9.17, 15) is 14.4 Å². The van der Waals surface area contributed by atoms with Gasteiger partial charge in [-0.25, -0.2) is 9.59 Å². The molecule has 1 N–H and O–H groups in total. The van der Waals surface area contributed by atoms with E-state index < -0.39 is 23.3 Å². The zero-order chi connectivity index (χ0) is 17.7. The Balaban J connectivity index is 2.35. The average Bonchev–Trinajstić information content (AvgIpc) is 3.01. The van der Waals surface area contributed by atoms with E-state index in [1.807, 2.05) is 0 Å². The van der Waals surface area contributed by atoms with Crippen molar-refractivity contribution in [3.8, 4) is 0 Å². The van der Waals surface area contributed by atoms with Crippen LogP contribution in [0.1, 0.15) is 30.6 Å². The van der Waals surface area contributed by atoms with Crippen molar-refractivity contribution in [3.05, 3.63) is 34.3 Å². The number of ether oxygens (including phenoxy) is 2. The van der Waals surface area contributed by atoms with Gasteiger partial charge in [0, 0.05) is 16.5 Å². The Morgan fingerprint density at radius 2 is 1.96 bits per heavy atom. The van der Waals surface area contributed by atoms with E-state index in [0.717, 1.165) is 0 Å². The maximum atomic E-state index is 13.0. The first-order valence-corrected chi connectivity index (χ1v) is 8.22. The Bertz CT molecular complexity index is 703. The number of nitrogens with one attached hydrogen (secondary N) is 1. The Morgan fingerprint density at radius 3 is 2.58 bits per heavy atom. The van der Waals surface area contributed by atoms with Crippen molar-refractivity contribution in [1.29, 1.82) is 0 Å². The van der Waals surface area contributed by atoms with Crippen LogP contribution in [-0.4, -0.2) is 42.2 Å². The number of halogens is 1. The Morgan fingerprint density at radius 1 is 1.25 bits per heavy atom. The zero-order valence-electron chi connectivity index (χ0n) is 13.3. The number of rotatable bonds is 6. The Hall–Kier alpha value is -2.22. The van der Waals surface area contributed by atoms with Crippen LogP contribution in [-0.2, 0) is 19.1 Å². The van der Waals surface area contributed by atoms with Crippen molar-refractivity contribution >= 4 is 39.4 Å². The predicted molar refractivity (Wildman–Crippen MR) is 89.7 cm³/mol. The molecule has 24 heavy (non-hydrogen) atoms. The lowest BCUT2D eigenvalue weighted by atomic mass is 9.86. The molecular formula is C16H17BrN2O5. The molecule has 1 unspecified atom stereocenters. The fraction of sp³-hybridized carbons (Fsp3) is 0.375. The molecule has 0 saturated heterocycles. The van der Waals surface area contributed by atoms with Crippen molar-refractivity contribution in [2.24, 2.45) is 5.10 Å². The van der Waals surface area contributed by atoms with Gasteiger partial charge < -0.3 is 9.47 Å². The van der Waals surface area contributed by atoms with Crippen LogP contribution in [0.4, 0.5) is 0 Å². The highest BCUT2D eigenvalue weighted by atomic mass is 79.9. The summed E-state index contributed by atoms with van der Waals surface area (Å²) in [6.45, 7) is 3.57. The molecule has 1 aliphatic rings. The fourth-order valence-corrected chi connectivity index (χ4v) is 2.70. The molecule has 1 aliphatic heterocycles. The summed E-state index contributed by atoms with van der Waals surface area (Å²) in [6, 6.07) is 6.61. The lowest BCUT2D eigenvalue weighted by Crippen LogP contribution is -2.55. The summed E-state index contributed by atoms with van der Waals surface area (Å²) in [5.41, 5.74) is 1.02. The minimum absolute atomic E-state index is 0.0201. The molecular weight excluding hydrogens is 380 g/mol. The lowest BCUT2D eigenvalue weighted by molar-refractivity contribution is -0.148. The molecule has 128 valence electrons. The maximum absolute atomic E-state index is 13.0. The molecule has 0 saturated carbocycles. The van der Waals surface area contributed by atoms with Gasteiger partial charge in [-0.3, -0.25) is 10.2 Å². The molecule has 0 fully saturated rings. The van der Waals surface area contributed by atoms with Gasteiger partial charge in [0.05, 0.1) is 13.2 Å². The number of esters is 2. The zero-order valence-corrected chi connectivity index (χ0v) is 14.9. The third-order valence-electron chi connectivity index (χ3n) is 3.42. The molecule has 0 bridgehead atoms. The van der Waals surface area contributed by atoms with Crippen molar-refractivity contribution in [3.63, 3.8) is 0 Å². The topological polar surface area (TPSA) is 94.1 Å². The monoisotopic (exact) mass is 396 g/mol. The van der Waals surface area contributed by atoms with Crippen molar-refractivity contribution in [2.45, 2.75) is 25.8 Å². The second-order valence-corrected chi connectivity index (χ2v) is 5.95. The molecule has 1 atom stereocenters. The van der Waals surface area contributed by atoms with Crippen LogP contribution in [0.5, 0.6) is 0 Å². The molecule has 2 rings (SSSR count). The third-order valence-corrected chi connectivity index (χ3v) is 3.92. The maximum Gasteiger partial charge on any atom is 0.354 e.